The minimum Gasteiger partial charge on any atom is -0.385 e. The lowest BCUT2D eigenvalue weighted by molar-refractivity contribution is -0.447. The van der Waals surface area contributed by atoms with Crippen molar-refractivity contribution < 1.29 is 13.4 Å². The molecule has 2 fully saturated rings. The second-order valence-electron chi connectivity index (χ2n) is 12.3. The summed E-state index contributed by atoms with van der Waals surface area (Å²) in [6, 6.07) is 4.71. The van der Waals surface area contributed by atoms with E-state index < -0.39 is 6.43 Å². The first kappa shape index (κ1) is 28.3. The quantitative estimate of drug-likeness (QED) is 0.317. The van der Waals surface area contributed by atoms with E-state index >= 15 is 0 Å². The van der Waals surface area contributed by atoms with Crippen LogP contribution in [0.1, 0.15) is 56.6 Å². The Morgan fingerprint density at radius 1 is 1.15 bits per heavy atom. The summed E-state index contributed by atoms with van der Waals surface area (Å²) in [6.45, 7) is 9.17. The van der Waals surface area contributed by atoms with Crippen LogP contribution in [0.4, 0.5) is 14.5 Å². The fourth-order valence-electron chi connectivity index (χ4n) is 7.31. The Morgan fingerprint density at radius 2 is 1.98 bits per heavy atom. The van der Waals surface area contributed by atoms with E-state index in [2.05, 4.69) is 37.4 Å². The van der Waals surface area contributed by atoms with Crippen LogP contribution in [0.15, 0.2) is 35.8 Å². The summed E-state index contributed by atoms with van der Waals surface area (Å²) in [5.41, 5.74) is 12.4. The van der Waals surface area contributed by atoms with Crippen LogP contribution in [-0.2, 0) is 13.5 Å². The van der Waals surface area contributed by atoms with Gasteiger partial charge in [-0.05, 0) is 74.4 Å². The number of nitrogens with one attached hydrogen (secondary N) is 3. The molecule has 2 aromatic rings. The van der Waals surface area contributed by atoms with Crippen LogP contribution in [0, 0.1) is 5.92 Å². The molecule has 5 heterocycles. The third-order valence-electron chi connectivity index (χ3n) is 9.56. The molecule has 5 N–H and O–H groups in total. The smallest absolute Gasteiger partial charge is 0.279 e. The summed E-state index contributed by atoms with van der Waals surface area (Å²) in [5.74, 6) is 1.37. The lowest BCUT2D eigenvalue weighted by Crippen LogP contribution is -2.53. The van der Waals surface area contributed by atoms with Crippen molar-refractivity contribution in [2.24, 2.45) is 18.7 Å². The van der Waals surface area contributed by atoms with Crippen molar-refractivity contribution in [2.45, 2.75) is 64.0 Å². The molecule has 2 atom stereocenters. The third kappa shape index (κ3) is 5.92. The van der Waals surface area contributed by atoms with Crippen LogP contribution in [-0.4, -0.2) is 83.0 Å². The number of aromatic nitrogens is 2. The zero-order valence-electron chi connectivity index (χ0n) is 24.4. The highest BCUT2D eigenvalue weighted by Gasteiger charge is 2.32. The van der Waals surface area contributed by atoms with Gasteiger partial charge in [-0.2, -0.15) is 5.10 Å². The predicted molar refractivity (Wildman–Crippen MR) is 159 cm³/mol. The molecule has 8 nitrogen and oxygen atoms in total. The number of amidine groups is 1. The molecule has 0 amide bonds. The summed E-state index contributed by atoms with van der Waals surface area (Å²) in [6.07, 6.45) is 7.00. The number of benzene rings is 1. The molecule has 0 aliphatic carbocycles. The molecular weight excluding hydrogens is 522 g/mol. The largest absolute Gasteiger partial charge is 0.385 e. The standard InChI is InChI=1S/C31H44F2N8/c1-20-16-35-10-6-28(20)40-12-7-23(8-13-40)38-27-5-9-36-18-26(27)31(34)41-11-3-4-21-14-24(22-17-37-39(2)19-22)25(30(32)33)15-29(21)41/h14-15,17,19-20,23,28,30,35-36H,3-13,16,18H2,1-2H3,(H2,34,38)/p+1/t20-,28?/m0/s1. The lowest BCUT2D eigenvalue weighted by atomic mass is 9.91. The van der Waals surface area contributed by atoms with Gasteiger partial charge in [0.1, 0.15) is 5.69 Å². The van der Waals surface area contributed by atoms with E-state index in [1.54, 1.807) is 30.2 Å². The Labute approximate surface area is 242 Å². The van der Waals surface area contributed by atoms with E-state index in [0.717, 1.165) is 88.2 Å². The molecule has 41 heavy (non-hydrogen) atoms. The van der Waals surface area contributed by atoms with Gasteiger partial charge in [-0.3, -0.25) is 15.3 Å². The molecule has 10 heteroatoms. The maximum atomic E-state index is 14.3. The van der Waals surface area contributed by atoms with Gasteiger partial charge < -0.3 is 16.0 Å². The predicted octanol–water partition coefficient (Wildman–Crippen LogP) is 3.27. The minimum atomic E-state index is -2.59. The van der Waals surface area contributed by atoms with Crippen LogP contribution < -0.4 is 21.7 Å². The topological polar surface area (TPSA) is 86.2 Å². The Bertz CT molecular complexity index is 1310. The fraction of sp³-hybridized carbons (Fsp3) is 0.613. The van der Waals surface area contributed by atoms with Crippen LogP contribution in [0.3, 0.4) is 0 Å². The monoisotopic (exact) mass is 567 g/mol. The van der Waals surface area contributed by atoms with Crippen LogP contribution in [0.5, 0.6) is 0 Å². The van der Waals surface area contributed by atoms with Crippen LogP contribution >= 0.6 is 0 Å². The van der Waals surface area contributed by atoms with Crippen molar-refractivity contribution in [1.82, 2.24) is 30.6 Å². The van der Waals surface area contributed by atoms with Crippen LogP contribution in [0.2, 0.25) is 0 Å². The van der Waals surface area contributed by atoms with Gasteiger partial charge in [0, 0.05) is 74.8 Å². The highest BCUT2D eigenvalue weighted by molar-refractivity contribution is 5.95. The van der Waals surface area contributed by atoms with Gasteiger partial charge in [-0.25, -0.2) is 13.4 Å². The fourth-order valence-corrected chi connectivity index (χ4v) is 7.31. The first-order chi connectivity index (χ1) is 19.9. The maximum absolute atomic E-state index is 14.3. The molecular formula is C31H45F2N8+. The second-order valence-corrected chi connectivity index (χ2v) is 12.3. The molecule has 0 radical (unpaired) electrons. The highest BCUT2D eigenvalue weighted by atomic mass is 19.3. The Morgan fingerprint density at radius 3 is 2.71 bits per heavy atom. The third-order valence-corrected chi connectivity index (χ3v) is 9.56. The SMILES string of the molecule is C[C@H]1CNCCC1N1CCC(NC2=C(C(N)=[N+]3CCCc4cc(-c5cnn(C)c5)c(C(F)F)cc43)CNCC2)CC1. The number of alkyl halides is 2. The molecule has 222 valence electrons. The number of halogens is 2. The van der Waals surface area contributed by atoms with Gasteiger partial charge in [0.05, 0.1) is 18.3 Å². The number of hydrogen-bond acceptors (Lipinski definition) is 5. The summed E-state index contributed by atoms with van der Waals surface area (Å²) in [5, 5.41) is 15.1. The van der Waals surface area contributed by atoms with Crippen LogP contribution in [0.25, 0.3) is 11.1 Å². The summed E-state index contributed by atoms with van der Waals surface area (Å²) >= 11 is 0. The highest BCUT2D eigenvalue weighted by Crippen LogP contribution is 2.38. The average molecular weight is 568 g/mol. The van der Waals surface area contributed by atoms with Gasteiger partial charge in [0.2, 0.25) is 0 Å². The molecule has 6 rings (SSSR count). The summed E-state index contributed by atoms with van der Waals surface area (Å²) in [4.78, 5) is 2.70. The number of piperidine rings is 2. The zero-order valence-corrected chi connectivity index (χ0v) is 24.4. The van der Waals surface area contributed by atoms with E-state index in [9.17, 15) is 8.78 Å². The van der Waals surface area contributed by atoms with E-state index in [4.69, 9.17) is 5.73 Å². The van der Waals surface area contributed by atoms with E-state index in [1.165, 1.54) is 12.1 Å². The Hall–Kier alpha value is -2.82. The molecule has 1 aromatic carbocycles. The molecule has 0 spiro atoms. The van der Waals surface area contributed by atoms with Gasteiger partial charge in [0.25, 0.3) is 12.3 Å². The molecule has 0 bridgehead atoms. The lowest BCUT2D eigenvalue weighted by Gasteiger charge is -2.43. The van der Waals surface area contributed by atoms with Crippen molar-refractivity contribution in [1.29, 1.82) is 0 Å². The number of hydrogen-bond donors (Lipinski definition) is 4. The van der Waals surface area contributed by atoms with E-state index in [1.807, 2.05) is 6.07 Å². The molecule has 1 unspecified atom stereocenters. The second kappa shape index (κ2) is 12.2. The maximum Gasteiger partial charge on any atom is 0.279 e. The molecule has 0 saturated carbocycles. The van der Waals surface area contributed by atoms with Crippen molar-refractivity contribution >= 4 is 11.5 Å². The number of nitrogens with zero attached hydrogens (tertiary/aromatic N) is 4. The van der Waals surface area contributed by atoms with Gasteiger partial charge in [-0.1, -0.05) is 6.92 Å². The number of fused-ring (bicyclic) bond motifs is 1. The van der Waals surface area contributed by atoms with Crippen molar-refractivity contribution in [2.75, 3.05) is 45.8 Å². The number of nitrogens with two attached hydrogens (primary N) is 1. The van der Waals surface area contributed by atoms with Crippen molar-refractivity contribution in [3.63, 3.8) is 0 Å². The summed E-state index contributed by atoms with van der Waals surface area (Å²) in [7, 11) is 1.80. The first-order valence-corrected chi connectivity index (χ1v) is 15.4. The van der Waals surface area contributed by atoms with Gasteiger partial charge in [0.15, 0.2) is 0 Å². The number of likely N-dealkylation sites (tertiary alicyclic amines) is 1. The Balaban J connectivity index is 1.26. The average Bonchev–Trinajstić information content (AvgIpc) is 3.43. The Kier molecular flexibility index (Phi) is 8.42. The number of rotatable bonds is 6. The molecule has 4 aliphatic rings. The van der Waals surface area contributed by atoms with Crippen molar-refractivity contribution in [3.8, 4) is 11.1 Å². The van der Waals surface area contributed by atoms with Gasteiger partial charge in [-0.15, -0.1) is 0 Å². The van der Waals surface area contributed by atoms with E-state index in [0.29, 0.717) is 41.5 Å². The molecule has 1 aromatic heterocycles. The zero-order chi connectivity index (χ0) is 28.5. The van der Waals surface area contributed by atoms with Crippen molar-refractivity contribution in [3.05, 3.63) is 46.9 Å². The van der Waals surface area contributed by atoms with Gasteiger partial charge >= 0.3 is 0 Å². The van der Waals surface area contributed by atoms with E-state index in [-0.39, 0.29) is 5.56 Å². The summed E-state index contributed by atoms with van der Waals surface area (Å²) < 4.78 is 32.4. The normalized spacial score (nSPS) is 25.9. The first-order valence-electron chi connectivity index (χ1n) is 15.4. The molecule has 4 aliphatic heterocycles. The number of aryl methyl sites for hydroxylation is 2. The minimum absolute atomic E-state index is 0.0281. The molecule has 2 saturated heterocycles.